The fourth-order valence-corrected chi connectivity index (χ4v) is 7.07. The summed E-state index contributed by atoms with van der Waals surface area (Å²) < 4.78 is 28.9. The van der Waals surface area contributed by atoms with Crippen LogP contribution in [0.25, 0.3) is 10.4 Å². The van der Waals surface area contributed by atoms with Crippen LogP contribution >= 0.6 is 11.3 Å². The van der Waals surface area contributed by atoms with Gasteiger partial charge >= 0.3 is 0 Å². The third-order valence-corrected chi connectivity index (χ3v) is 9.07. The number of nitrogens with zero attached hydrogens (tertiary/aromatic N) is 1. The Hall–Kier alpha value is -1.81. The molecule has 0 saturated heterocycles. The number of amides is 1. The van der Waals surface area contributed by atoms with Crippen LogP contribution in [0.3, 0.4) is 0 Å². The molecule has 0 aliphatic heterocycles. The van der Waals surface area contributed by atoms with E-state index in [0.717, 1.165) is 54.7 Å². The predicted octanol–water partition coefficient (Wildman–Crippen LogP) is 3.71. The number of benzene rings is 1. The summed E-state index contributed by atoms with van der Waals surface area (Å²) in [6, 6.07) is 5.36. The number of hydrogen-bond acceptors (Lipinski definition) is 6. The molecular weight excluding hydrogens is 432 g/mol. The third kappa shape index (κ3) is 5.00. The molecule has 1 amide bonds. The summed E-state index contributed by atoms with van der Waals surface area (Å²) in [5.74, 6) is 0.0995. The Kier molecular flexibility index (Phi) is 6.48. The molecule has 1 aromatic heterocycles. The Morgan fingerprint density at radius 2 is 1.90 bits per heavy atom. The molecule has 0 radical (unpaired) electrons. The lowest BCUT2D eigenvalue weighted by molar-refractivity contribution is -0.119. The minimum absolute atomic E-state index is 0.0314. The van der Waals surface area contributed by atoms with Gasteiger partial charge in [0.25, 0.3) is 0 Å². The first kappa shape index (κ1) is 22.4. The molecular formula is C22H30N4O3S2. The monoisotopic (exact) mass is 462 g/mol. The molecule has 4 rings (SSSR count). The Labute approximate surface area is 187 Å². The quantitative estimate of drug-likeness (QED) is 0.605. The van der Waals surface area contributed by atoms with Gasteiger partial charge < -0.3 is 11.1 Å². The van der Waals surface area contributed by atoms with Crippen molar-refractivity contribution in [3.05, 3.63) is 29.5 Å². The number of sulfonamides is 1. The molecule has 168 valence electrons. The Morgan fingerprint density at radius 3 is 2.58 bits per heavy atom. The van der Waals surface area contributed by atoms with Crippen LogP contribution in [0.5, 0.6) is 0 Å². The van der Waals surface area contributed by atoms with Crippen LogP contribution in [-0.2, 0) is 14.8 Å². The van der Waals surface area contributed by atoms with Gasteiger partial charge in [-0.3, -0.25) is 4.79 Å². The van der Waals surface area contributed by atoms with Gasteiger partial charge in [-0.25, -0.2) is 18.1 Å². The second-order valence-corrected chi connectivity index (χ2v) is 11.5. The normalized spacial score (nSPS) is 22.2. The predicted molar refractivity (Wildman–Crippen MR) is 124 cm³/mol. The second-order valence-electron chi connectivity index (χ2n) is 8.78. The topological polar surface area (TPSA) is 114 Å². The number of anilines is 1. The van der Waals surface area contributed by atoms with E-state index in [9.17, 15) is 13.2 Å². The van der Waals surface area contributed by atoms with E-state index in [1.165, 1.54) is 11.3 Å². The van der Waals surface area contributed by atoms with E-state index >= 15 is 0 Å². The molecule has 2 fully saturated rings. The van der Waals surface area contributed by atoms with Crippen LogP contribution in [0.1, 0.15) is 56.2 Å². The largest absolute Gasteiger partial charge is 0.328 e. The van der Waals surface area contributed by atoms with Crippen LogP contribution in [0, 0.1) is 19.8 Å². The van der Waals surface area contributed by atoms with Gasteiger partial charge in [0.2, 0.25) is 15.9 Å². The molecule has 2 aliphatic carbocycles. The van der Waals surface area contributed by atoms with Gasteiger partial charge in [-0.2, -0.15) is 0 Å². The van der Waals surface area contributed by atoms with E-state index in [-0.39, 0.29) is 28.8 Å². The van der Waals surface area contributed by atoms with Crippen LogP contribution in [0.15, 0.2) is 23.1 Å². The van der Waals surface area contributed by atoms with Crippen LogP contribution < -0.4 is 15.8 Å². The SMILES string of the molecule is Cc1ccc(-c2sc(NC(=O)C3CCCC3)nc2C)cc1S(=O)(=O)NC1CCC(N)C1. The third-order valence-electron chi connectivity index (χ3n) is 6.29. The molecule has 0 spiro atoms. The highest BCUT2D eigenvalue weighted by Crippen LogP contribution is 2.35. The first-order valence-electron chi connectivity index (χ1n) is 10.9. The first-order valence-corrected chi connectivity index (χ1v) is 13.2. The average Bonchev–Trinajstić information content (AvgIpc) is 3.44. The highest BCUT2D eigenvalue weighted by molar-refractivity contribution is 7.89. The summed E-state index contributed by atoms with van der Waals surface area (Å²) in [7, 11) is -3.66. The zero-order valence-electron chi connectivity index (χ0n) is 18.0. The molecule has 2 aromatic rings. The van der Waals surface area contributed by atoms with E-state index in [2.05, 4.69) is 15.0 Å². The molecule has 1 heterocycles. The Morgan fingerprint density at radius 1 is 1.16 bits per heavy atom. The van der Waals surface area contributed by atoms with Gasteiger partial charge in [-0.1, -0.05) is 36.3 Å². The second kappa shape index (κ2) is 8.97. The lowest BCUT2D eigenvalue weighted by atomic mass is 10.1. The average molecular weight is 463 g/mol. The molecule has 4 N–H and O–H groups in total. The standard InChI is InChI=1S/C22H30N4O3S2/c1-13-7-8-16(11-19(13)31(28,29)26-18-10-9-17(23)12-18)20-14(2)24-22(30-20)25-21(27)15-5-3-4-6-15/h7-8,11,15,17-18,26H,3-6,9-10,12,23H2,1-2H3,(H,24,25,27). The number of carbonyl (C=O) groups excluding carboxylic acids is 1. The molecule has 2 aliphatic rings. The minimum atomic E-state index is -3.66. The molecule has 7 nitrogen and oxygen atoms in total. The highest BCUT2D eigenvalue weighted by Gasteiger charge is 2.28. The van der Waals surface area contributed by atoms with Crippen molar-refractivity contribution in [3.63, 3.8) is 0 Å². The number of nitrogens with one attached hydrogen (secondary N) is 2. The minimum Gasteiger partial charge on any atom is -0.328 e. The molecule has 0 bridgehead atoms. The summed E-state index contributed by atoms with van der Waals surface area (Å²) in [6.45, 7) is 3.68. The van der Waals surface area contributed by atoms with Gasteiger partial charge in [0.1, 0.15) is 0 Å². The molecule has 2 atom stereocenters. The van der Waals surface area contributed by atoms with Crippen LogP contribution in [0.4, 0.5) is 5.13 Å². The van der Waals surface area contributed by atoms with Crippen molar-refractivity contribution >= 4 is 32.4 Å². The smallest absolute Gasteiger partial charge is 0.241 e. The van der Waals surface area contributed by atoms with E-state index < -0.39 is 10.0 Å². The van der Waals surface area contributed by atoms with E-state index in [1.54, 1.807) is 13.0 Å². The number of nitrogens with two attached hydrogens (primary N) is 1. The summed E-state index contributed by atoms with van der Waals surface area (Å²) in [5.41, 5.74) is 8.18. The van der Waals surface area contributed by atoms with E-state index in [0.29, 0.717) is 17.1 Å². The fraction of sp³-hybridized carbons (Fsp3) is 0.545. The highest BCUT2D eigenvalue weighted by atomic mass is 32.2. The molecule has 9 heteroatoms. The zero-order valence-corrected chi connectivity index (χ0v) is 19.6. The summed E-state index contributed by atoms with van der Waals surface area (Å²) >= 11 is 1.38. The van der Waals surface area contributed by atoms with Crippen molar-refractivity contribution in [2.75, 3.05) is 5.32 Å². The van der Waals surface area contributed by atoms with Crippen molar-refractivity contribution in [3.8, 4) is 10.4 Å². The van der Waals surface area contributed by atoms with Crippen LogP contribution in [0.2, 0.25) is 0 Å². The summed E-state index contributed by atoms with van der Waals surface area (Å²) in [4.78, 5) is 18.1. The molecule has 1 aromatic carbocycles. The van der Waals surface area contributed by atoms with Crippen molar-refractivity contribution < 1.29 is 13.2 Å². The number of aryl methyl sites for hydroxylation is 2. The summed E-state index contributed by atoms with van der Waals surface area (Å²) in [5, 5.41) is 3.51. The van der Waals surface area contributed by atoms with Crippen molar-refractivity contribution in [1.82, 2.24) is 9.71 Å². The van der Waals surface area contributed by atoms with E-state index in [1.807, 2.05) is 19.1 Å². The summed E-state index contributed by atoms with van der Waals surface area (Å²) in [6.07, 6.45) is 6.32. The van der Waals surface area contributed by atoms with Crippen LogP contribution in [-0.4, -0.2) is 31.4 Å². The Bertz CT molecular complexity index is 1070. The van der Waals surface area contributed by atoms with E-state index in [4.69, 9.17) is 5.73 Å². The van der Waals surface area contributed by atoms with Crippen molar-refractivity contribution in [2.24, 2.45) is 11.7 Å². The maximum Gasteiger partial charge on any atom is 0.241 e. The van der Waals surface area contributed by atoms with Gasteiger partial charge in [0, 0.05) is 18.0 Å². The van der Waals surface area contributed by atoms with Gasteiger partial charge in [-0.05, 0) is 63.1 Å². The number of rotatable bonds is 6. The van der Waals surface area contributed by atoms with Gasteiger partial charge in [0.15, 0.2) is 5.13 Å². The van der Waals surface area contributed by atoms with Crippen molar-refractivity contribution in [1.29, 1.82) is 0 Å². The molecule has 31 heavy (non-hydrogen) atoms. The maximum absolute atomic E-state index is 13.1. The maximum atomic E-state index is 13.1. The molecule has 2 unspecified atom stereocenters. The fourth-order valence-electron chi connectivity index (χ4n) is 4.55. The zero-order chi connectivity index (χ0) is 22.2. The lowest BCUT2D eigenvalue weighted by Gasteiger charge is -2.15. The Balaban J connectivity index is 1.56. The van der Waals surface area contributed by atoms with Gasteiger partial charge in [-0.15, -0.1) is 0 Å². The molecule has 2 saturated carbocycles. The first-order chi connectivity index (χ1) is 14.7. The number of hydrogen-bond donors (Lipinski definition) is 3. The number of aromatic nitrogens is 1. The lowest BCUT2D eigenvalue weighted by Crippen LogP contribution is -2.34. The number of carbonyl (C=O) groups is 1. The number of thiazole rings is 1. The van der Waals surface area contributed by atoms with Gasteiger partial charge in [0.05, 0.1) is 15.5 Å². The van der Waals surface area contributed by atoms with Crippen molar-refractivity contribution in [2.45, 2.75) is 75.8 Å².